The van der Waals surface area contributed by atoms with Crippen LogP contribution in [0.1, 0.15) is 0 Å². The molecule has 2 rings (SSSR count). The molecule has 0 saturated carbocycles. The van der Waals surface area contributed by atoms with E-state index in [0.29, 0.717) is 0 Å². The van der Waals surface area contributed by atoms with Crippen molar-refractivity contribution in [2.75, 3.05) is 5.53 Å². The number of nitrogens with two attached hydrogens (primary N) is 1. The van der Waals surface area contributed by atoms with Crippen LogP contribution in [-0.2, 0) is 0 Å². The molecule has 5 nitrogen and oxygen atoms in total. The van der Waals surface area contributed by atoms with Gasteiger partial charge >= 0.3 is 0 Å². The first-order chi connectivity index (χ1) is 5.42. The summed E-state index contributed by atoms with van der Waals surface area (Å²) in [6.07, 6.45) is 0. The summed E-state index contributed by atoms with van der Waals surface area (Å²) in [5, 5.41) is 7.60. The maximum atomic E-state index is 5.17. The molecule has 1 heterocycles. The third kappa shape index (κ3) is 0.821. The lowest BCUT2D eigenvalue weighted by Crippen LogP contribution is -2.22. The van der Waals surface area contributed by atoms with Crippen LogP contribution >= 0.6 is 0 Å². The van der Waals surface area contributed by atoms with Gasteiger partial charge in [0.1, 0.15) is 11.0 Å². The molecule has 2 aromatic rings. The van der Waals surface area contributed by atoms with Crippen LogP contribution in [0.3, 0.4) is 0 Å². The van der Waals surface area contributed by atoms with E-state index in [4.69, 9.17) is 5.84 Å². The smallest absolute Gasteiger partial charge is 0.115 e. The van der Waals surface area contributed by atoms with E-state index in [9.17, 15) is 0 Å². The molecule has 5 heteroatoms. The van der Waals surface area contributed by atoms with Gasteiger partial charge in [0.05, 0.1) is 0 Å². The van der Waals surface area contributed by atoms with Gasteiger partial charge in [0.25, 0.3) is 0 Å². The second-order valence-electron chi connectivity index (χ2n) is 2.12. The van der Waals surface area contributed by atoms with E-state index >= 15 is 0 Å². The number of nitrogen functional groups attached to an aromatic ring is 1. The number of nitrogens with zero attached hydrogens (tertiary/aromatic N) is 3. The molecule has 56 valence electrons. The zero-order chi connectivity index (χ0) is 7.68. The highest BCUT2D eigenvalue weighted by Crippen LogP contribution is 2.06. The number of nitrogens with one attached hydrogen (secondary N) is 1. The largest absolute Gasteiger partial charge is 0.244 e. The van der Waals surface area contributed by atoms with Crippen LogP contribution in [0.25, 0.3) is 11.0 Å². The SMILES string of the molecule is NNn1nnc2ccccc21. The van der Waals surface area contributed by atoms with Gasteiger partial charge in [-0.1, -0.05) is 12.1 Å². The molecule has 1 aromatic carbocycles. The number of para-hydroxylation sites is 1. The van der Waals surface area contributed by atoms with Crippen molar-refractivity contribution in [1.29, 1.82) is 0 Å². The minimum absolute atomic E-state index is 0.824. The van der Waals surface area contributed by atoms with Crippen LogP contribution in [0.2, 0.25) is 0 Å². The van der Waals surface area contributed by atoms with Gasteiger partial charge in [-0.3, -0.25) is 0 Å². The van der Waals surface area contributed by atoms with Crippen LogP contribution in [0.4, 0.5) is 0 Å². The summed E-state index contributed by atoms with van der Waals surface area (Å²) in [4.78, 5) is 1.41. The standard InChI is InChI=1S/C6H7N5/c7-9-11-6-4-2-1-3-5(6)8-10-11/h1-4,9H,7H2. The van der Waals surface area contributed by atoms with E-state index in [1.165, 1.54) is 4.79 Å². The van der Waals surface area contributed by atoms with Crippen molar-refractivity contribution in [3.05, 3.63) is 24.3 Å². The van der Waals surface area contributed by atoms with E-state index < -0.39 is 0 Å². The van der Waals surface area contributed by atoms with Crippen molar-refractivity contribution in [3.8, 4) is 0 Å². The lowest BCUT2D eigenvalue weighted by atomic mass is 10.3. The lowest BCUT2D eigenvalue weighted by molar-refractivity contribution is 0.727. The van der Waals surface area contributed by atoms with Crippen LogP contribution < -0.4 is 11.4 Å². The summed E-state index contributed by atoms with van der Waals surface area (Å²) in [5.74, 6) is 5.17. The number of rotatable bonds is 1. The molecule has 3 N–H and O–H groups in total. The molecule has 0 bridgehead atoms. The number of hydrazine groups is 1. The van der Waals surface area contributed by atoms with Gasteiger partial charge < -0.3 is 0 Å². The van der Waals surface area contributed by atoms with Gasteiger partial charge in [-0.25, -0.2) is 11.4 Å². The monoisotopic (exact) mass is 149 g/mol. The highest BCUT2D eigenvalue weighted by atomic mass is 15.7. The van der Waals surface area contributed by atoms with Crippen molar-refractivity contribution in [1.82, 2.24) is 15.1 Å². The fourth-order valence-electron chi connectivity index (χ4n) is 0.964. The molecule has 1 aromatic heterocycles. The molecule has 0 spiro atoms. The number of hydrogen-bond acceptors (Lipinski definition) is 4. The lowest BCUT2D eigenvalue weighted by Gasteiger charge is -1.96. The minimum atomic E-state index is 0.824. The zero-order valence-corrected chi connectivity index (χ0v) is 5.73. The van der Waals surface area contributed by atoms with E-state index in [-0.39, 0.29) is 0 Å². The molecule has 0 aliphatic rings. The second kappa shape index (κ2) is 2.21. The van der Waals surface area contributed by atoms with E-state index in [1.54, 1.807) is 0 Å². The van der Waals surface area contributed by atoms with Crippen molar-refractivity contribution >= 4 is 11.0 Å². The number of aromatic nitrogens is 3. The first-order valence-electron chi connectivity index (χ1n) is 3.19. The molecule has 0 aliphatic heterocycles. The molecule has 0 radical (unpaired) electrons. The average molecular weight is 149 g/mol. The van der Waals surface area contributed by atoms with Crippen molar-refractivity contribution in [2.45, 2.75) is 0 Å². The predicted molar refractivity (Wildman–Crippen MR) is 41.1 cm³/mol. The maximum absolute atomic E-state index is 5.17. The first-order valence-corrected chi connectivity index (χ1v) is 3.19. The molecule has 0 unspecified atom stereocenters. The molecular formula is C6H7N5. The average Bonchev–Trinajstić information content (AvgIpc) is 2.47. The Labute approximate surface area is 62.7 Å². The van der Waals surface area contributed by atoms with Crippen molar-refractivity contribution in [2.24, 2.45) is 5.84 Å². The fourth-order valence-corrected chi connectivity index (χ4v) is 0.964. The number of hydrogen-bond donors (Lipinski definition) is 2. The molecule has 0 amide bonds. The Hall–Kier alpha value is -1.62. The van der Waals surface area contributed by atoms with Crippen molar-refractivity contribution < 1.29 is 0 Å². The van der Waals surface area contributed by atoms with Crippen LogP contribution in [0, 0.1) is 0 Å². The van der Waals surface area contributed by atoms with Gasteiger partial charge in [-0.05, 0) is 17.3 Å². The van der Waals surface area contributed by atoms with E-state index in [0.717, 1.165) is 11.0 Å². The van der Waals surface area contributed by atoms with Gasteiger partial charge in [0, 0.05) is 0 Å². The Morgan fingerprint density at radius 3 is 3.00 bits per heavy atom. The predicted octanol–water partition coefficient (Wildman–Crippen LogP) is -0.152. The molecule has 0 aliphatic carbocycles. The van der Waals surface area contributed by atoms with Crippen LogP contribution in [0.15, 0.2) is 24.3 Å². The minimum Gasteiger partial charge on any atom is -0.244 e. The Morgan fingerprint density at radius 1 is 1.36 bits per heavy atom. The fraction of sp³-hybridized carbons (Fsp3) is 0. The third-order valence-corrected chi connectivity index (χ3v) is 1.47. The van der Waals surface area contributed by atoms with Crippen LogP contribution in [0.5, 0.6) is 0 Å². The summed E-state index contributed by atoms with van der Waals surface area (Å²) < 4.78 is 0. The number of fused-ring (bicyclic) bond motifs is 1. The number of benzene rings is 1. The van der Waals surface area contributed by atoms with Gasteiger partial charge in [-0.2, -0.15) is 0 Å². The topological polar surface area (TPSA) is 68.8 Å². The quantitative estimate of drug-likeness (QED) is 0.437. The second-order valence-corrected chi connectivity index (χ2v) is 2.12. The van der Waals surface area contributed by atoms with E-state index in [2.05, 4.69) is 15.8 Å². The van der Waals surface area contributed by atoms with Gasteiger partial charge in [0.2, 0.25) is 0 Å². The van der Waals surface area contributed by atoms with E-state index in [1.807, 2.05) is 24.3 Å². The Morgan fingerprint density at radius 2 is 2.18 bits per heavy atom. The highest BCUT2D eigenvalue weighted by molar-refractivity contribution is 5.73. The third-order valence-electron chi connectivity index (χ3n) is 1.47. The van der Waals surface area contributed by atoms with Gasteiger partial charge in [0.15, 0.2) is 0 Å². The summed E-state index contributed by atoms with van der Waals surface area (Å²) >= 11 is 0. The molecule has 0 saturated heterocycles. The zero-order valence-electron chi connectivity index (χ0n) is 5.73. The Balaban J connectivity index is 2.76. The molecular weight excluding hydrogens is 142 g/mol. The Bertz CT molecular complexity index is 366. The summed E-state index contributed by atoms with van der Waals surface area (Å²) in [6, 6.07) is 7.56. The first kappa shape index (κ1) is 6.11. The highest BCUT2D eigenvalue weighted by Gasteiger charge is 1.98. The van der Waals surface area contributed by atoms with Crippen molar-refractivity contribution in [3.63, 3.8) is 0 Å². The van der Waals surface area contributed by atoms with Crippen LogP contribution in [-0.4, -0.2) is 15.1 Å². The van der Waals surface area contributed by atoms with Gasteiger partial charge in [-0.15, -0.1) is 9.89 Å². The molecule has 11 heavy (non-hydrogen) atoms. The Kier molecular flexibility index (Phi) is 1.23. The summed E-state index contributed by atoms with van der Waals surface area (Å²) in [6.45, 7) is 0. The molecule has 0 atom stereocenters. The normalized spacial score (nSPS) is 10.3. The maximum Gasteiger partial charge on any atom is 0.115 e. The summed E-state index contributed by atoms with van der Waals surface area (Å²) in [5.41, 5.74) is 4.09. The molecule has 0 fully saturated rings. The summed E-state index contributed by atoms with van der Waals surface area (Å²) in [7, 11) is 0.